The van der Waals surface area contributed by atoms with Crippen molar-refractivity contribution in [2.24, 2.45) is 0 Å². The second-order valence-corrected chi connectivity index (χ2v) is 4.24. The number of carbonyl (C=O) groups is 1. The third-order valence-corrected chi connectivity index (χ3v) is 2.88. The average molecular weight is 264 g/mol. The lowest BCUT2D eigenvalue weighted by Crippen LogP contribution is -2.11. The zero-order valence-corrected chi connectivity index (χ0v) is 10.6. The Morgan fingerprint density at radius 1 is 1.05 bits per heavy atom. The first kappa shape index (κ1) is 12.1. The van der Waals surface area contributed by atoms with Crippen molar-refractivity contribution in [2.75, 3.05) is 5.32 Å². The van der Waals surface area contributed by atoms with Gasteiger partial charge in [0.15, 0.2) is 0 Å². The Labute approximate surface area is 115 Å². The maximum Gasteiger partial charge on any atom is 0.257 e. The van der Waals surface area contributed by atoms with E-state index in [-0.39, 0.29) is 5.91 Å². The molecule has 0 aliphatic rings. The highest BCUT2D eigenvalue weighted by Gasteiger charge is 2.06. The third-order valence-electron chi connectivity index (χ3n) is 2.88. The highest BCUT2D eigenvalue weighted by molar-refractivity contribution is 6.04. The van der Waals surface area contributed by atoms with E-state index in [1.165, 1.54) is 6.20 Å². The molecule has 0 aliphatic heterocycles. The van der Waals surface area contributed by atoms with Crippen molar-refractivity contribution in [3.63, 3.8) is 0 Å². The minimum Gasteiger partial charge on any atom is -0.322 e. The minimum atomic E-state index is -0.174. The monoisotopic (exact) mass is 264 g/mol. The molecule has 98 valence electrons. The Bertz CT molecular complexity index is 691. The fourth-order valence-electron chi connectivity index (χ4n) is 1.85. The number of hydrogen-bond donors (Lipinski definition) is 2. The van der Waals surface area contributed by atoms with Crippen LogP contribution in [0.25, 0.3) is 11.3 Å². The van der Waals surface area contributed by atoms with Gasteiger partial charge in [0.05, 0.1) is 11.3 Å². The molecular formula is C15H12N4O. The quantitative estimate of drug-likeness (QED) is 0.764. The number of carbonyl (C=O) groups excluding carboxylic acids is 1. The summed E-state index contributed by atoms with van der Waals surface area (Å²) in [4.78, 5) is 15.9. The van der Waals surface area contributed by atoms with E-state index in [2.05, 4.69) is 20.5 Å². The van der Waals surface area contributed by atoms with Gasteiger partial charge in [-0.1, -0.05) is 12.1 Å². The predicted molar refractivity (Wildman–Crippen MR) is 76.2 cm³/mol. The van der Waals surface area contributed by atoms with Gasteiger partial charge in [-0.15, -0.1) is 0 Å². The van der Waals surface area contributed by atoms with Crippen LogP contribution in [0, 0.1) is 0 Å². The lowest BCUT2D eigenvalue weighted by atomic mass is 10.1. The van der Waals surface area contributed by atoms with Gasteiger partial charge in [-0.05, 0) is 35.9 Å². The summed E-state index contributed by atoms with van der Waals surface area (Å²) in [5, 5.41) is 9.63. The van der Waals surface area contributed by atoms with Crippen molar-refractivity contribution in [1.82, 2.24) is 15.2 Å². The van der Waals surface area contributed by atoms with E-state index in [1.54, 1.807) is 24.5 Å². The molecule has 1 aromatic carbocycles. The van der Waals surface area contributed by atoms with Crippen LogP contribution < -0.4 is 5.32 Å². The smallest absolute Gasteiger partial charge is 0.257 e. The Morgan fingerprint density at radius 3 is 2.55 bits per heavy atom. The van der Waals surface area contributed by atoms with Crippen molar-refractivity contribution >= 4 is 11.6 Å². The molecule has 0 saturated heterocycles. The van der Waals surface area contributed by atoms with Crippen LogP contribution in [0.2, 0.25) is 0 Å². The zero-order chi connectivity index (χ0) is 13.8. The van der Waals surface area contributed by atoms with E-state index in [4.69, 9.17) is 0 Å². The van der Waals surface area contributed by atoms with Gasteiger partial charge < -0.3 is 5.32 Å². The van der Waals surface area contributed by atoms with Gasteiger partial charge in [0, 0.05) is 24.3 Å². The number of benzene rings is 1. The number of pyridine rings is 1. The van der Waals surface area contributed by atoms with Crippen molar-refractivity contribution in [1.29, 1.82) is 0 Å². The molecule has 2 heterocycles. The van der Waals surface area contributed by atoms with E-state index in [0.29, 0.717) is 5.56 Å². The third kappa shape index (κ3) is 2.56. The summed E-state index contributed by atoms with van der Waals surface area (Å²) in [6.45, 7) is 0. The molecule has 0 fully saturated rings. The van der Waals surface area contributed by atoms with Gasteiger partial charge in [-0.3, -0.25) is 14.9 Å². The average Bonchev–Trinajstić information content (AvgIpc) is 3.03. The lowest BCUT2D eigenvalue weighted by Gasteiger charge is -2.05. The van der Waals surface area contributed by atoms with Crippen LogP contribution in [0.4, 0.5) is 5.69 Å². The molecular weight excluding hydrogens is 252 g/mol. The van der Waals surface area contributed by atoms with Crippen LogP contribution in [0.15, 0.2) is 61.1 Å². The van der Waals surface area contributed by atoms with Crippen LogP contribution in [-0.2, 0) is 0 Å². The number of aromatic nitrogens is 3. The van der Waals surface area contributed by atoms with Crippen LogP contribution in [0.3, 0.4) is 0 Å². The Balaban J connectivity index is 1.74. The van der Waals surface area contributed by atoms with Gasteiger partial charge in [-0.25, -0.2) is 0 Å². The Kier molecular flexibility index (Phi) is 3.24. The lowest BCUT2D eigenvalue weighted by molar-refractivity contribution is 0.102. The zero-order valence-electron chi connectivity index (χ0n) is 10.6. The highest BCUT2D eigenvalue weighted by Crippen LogP contribution is 2.19. The number of aromatic amines is 1. The fourth-order valence-corrected chi connectivity index (χ4v) is 1.85. The number of nitrogens with zero attached hydrogens (tertiary/aromatic N) is 2. The second-order valence-electron chi connectivity index (χ2n) is 4.24. The molecule has 0 radical (unpaired) electrons. The van der Waals surface area contributed by atoms with Crippen LogP contribution >= 0.6 is 0 Å². The molecule has 0 unspecified atom stereocenters. The molecule has 3 aromatic rings. The summed E-state index contributed by atoms with van der Waals surface area (Å²) >= 11 is 0. The molecule has 20 heavy (non-hydrogen) atoms. The molecule has 5 heteroatoms. The maximum atomic E-state index is 12.0. The van der Waals surface area contributed by atoms with Crippen molar-refractivity contribution < 1.29 is 4.79 Å². The van der Waals surface area contributed by atoms with Crippen LogP contribution in [-0.4, -0.2) is 21.1 Å². The van der Waals surface area contributed by atoms with Crippen molar-refractivity contribution in [2.45, 2.75) is 0 Å². The minimum absolute atomic E-state index is 0.174. The van der Waals surface area contributed by atoms with Gasteiger partial charge in [0.25, 0.3) is 5.91 Å². The first-order valence-electron chi connectivity index (χ1n) is 6.14. The van der Waals surface area contributed by atoms with Crippen LogP contribution in [0.5, 0.6) is 0 Å². The Hall–Kier alpha value is -2.95. The van der Waals surface area contributed by atoms with Crippen molar-refractivity contribution in [3.8, 4) is 11.3 Å². The summed E-state index contributed by atoms with van der Waals surface area (Å²) in [5.74, 6) is -0.174. The van der Waals surface area contributed by atoms with Crippen molar-refractivity contribution in [3.05, 3.63) is 66.6 Å². The summed E-state index contributed by atoms with van der Waals surface area (Å²) in [6.07, 6.45) is 4.87. The molecule has 5 nitrogen and oxygen atoms in total. The Morgan fingerprint density at radius 2 is 1.90 bits per heavy atom. The first-order valence-corrected chi connectivity index (χ1v) is 6.14. The molecule has 3 rings (SSSR count). The number of nitrogens with one attached hydrogen (secondary N) is 2. The highest BCUT2D eigenvalue weighted by atomic mass is 16.1. The first-order chi connectivity index (χ1) is 9.83. The van der Waals surface area contributed by atoms with Crippen LogP contribution in [0.1, 0.15) is 10.4 Å². The van der Waals surface area contributed by atoms with E-state index >= 15 is 0 Å². The van der Waals surface area contributed by atoms with Gasteiger partial charge in [-0.2, -0.15) is 5.10 Å². The second kappa shape index (κ2) is 5.36. The molecule has 1 amide bonds. The molecule has 0 aliphatic carbocycles. The standard InChI is InChI=1S/C15H12N4O/c20-15(12-2-1-8-16-10-12)18-13-5-3-11(4-6-13)14-7-9-17-19-14/h1-10H,(H,17,19)(H,18,20). The fraction of sp³-hybridized carbons (Fsp3) is 0. The molecule has 0 spiro atoms. The SMILES string of the molecule is O=C(Nc1ccc(-c2ccn[nH]2)cc1)c1cccnc1. The normalized spacial score (nSPS) is 10.2. The van der Waals surface area contributed by atoms with E-state index in [1.807, 2.05) is 30.3 Å². The number of H-pyrrole nitrogens is 1. The molecule has 2 N–H and O–H groups in total. The summed E-state index contributed by atoms with van der Waals surface area (Å²) in [6, 6.07) is 12.9. The number of rotatable bonds is 3. The largest absolute Gasteiger partial charge is 0.322 e. The number of amides is 1. The summed E-state index contributed by atoms with van der Waals surface area (Å²) in [5.41, 5.74) is 3.23. The van der Waals surface area contributed by atoms with E-state index < -0.39 is 0 Å². The van der Waals surface area contributed by atoms with Gasteiger partial charge >= 0.3 is 0 Å². The van der Waals surface area contributed by atoms with Gasteiger partial charge in [0.1, 0.15) is 0 Å². The summed E-state index contributed by atoms with van der Waals surface area (Å²) in [7, 11) is 0. The molecule has 0 bridgehead atoms. The predicted octanol–water partition coefficient (Wildman–Crippen LogP) is 2.72. The number of hydrogen-bond acceptors (Lipinski definition) is 3. The van der Waals surface area contributed by atoms with E-state index in [9.17, 15) is 4.79 Å². The van der Waals surface area contributed by atoms with E-state index in [0.717, 1.165) is 16.9 Å². The molecule has 0 atom stereocenters. The molecule has 2 aromatic heterocycles. The topological polar surface area (TPSA) is 70.7 Å². The molecule has 0 saturated carbocycles. The number of anilines is 1. The summed E-state index contributed by atoms with van der Waals surface area (Å²) < 4.78 is 0. The maximum absolute atomic E-state index is 12.0. The van der Waals surface area contributed by atoms with Gasteiger partial charge in [0.2, 0.25) is 0 Å².